The van der Waals surface area contributed by atoms with E-state index >= 15 is 0 Å². The Kier molecular flexibility index (Phi) is 3.90. The smallest absolute Gasteiger partial charge is 0.138 e. The summed E-state index contributed by atoms with van der Waals surface area (Å²) in [4.78, 5) is 12.9. The van der Waals surface area contributed by atoms with Crippen molar-refractivity contribution >= 4 is 33.0 Å². The monoisotopic (exact) mass is 274 g/mol. The van der Waals surface area contributed by atoms with Gasteiger partial charge in [-0.25, -0.2) is 0 Å². The molecule has 0 bridgehead atoms. The minimum atomic E-state index is -0.200. The highest BCUT2D eigenvalue weighted by Crippen LogP contribution is 2.25. The maximum Gasteiger partial charge on any atom is 0.138 e. The van der Waals surface area contributed by atoms with Gasteiger partial charge in [0.05, 0.1) is 3.79 Å². The van der Waals surface area contributed by atoms with Gasteiger partial charge in [-0.3, -0.25) is 4.79 Å². The van der Waals surface area contributed by atoms with Gasteiger partial charge in [-0.1, -0.05) is 20.8 Å². The first kappa shape index (κ1) is 11.9. The molecule has 1 heterocycles. The summed E-state index contributed by atoms with van der Waals surface area (Å²) in [5, 5.41) is 0. The zero-order valence-electron chi connectivity index (χ0n) is 8.76. The van der Waals surface area contributed by atoms with Crippen molar-refractivity contribution in [2.75, 3.05) is 0 Å². The summed E-state index contributed by atoms with van der Waals surface area (Å²) in [5.41, 5.74) is -0.200. The summed E-state index contributed by atoms with van der Waals surface area (Å²) in [6.45, 7) is 5.92. The van der Waals surface area contributed by atoms with E-state index in [2.05, 4.69) is 22.0 Å². The van der Waals surface area contributed by atoms with Crippen LogP contribution in [0.25, 0.3) is 0 Å². The number of aryl methyl sites for hydroxylation is 1. The lowest BCUT2D eigenvalue weighted by Gasteiger charge is -2.15. The molecule has 0 aliphatic rings. The molecular formula is C11H15BrOS. The number of carbonyl (C=O) groups is 1. The first-order valence-corrected chi connectivity index (χ1v) is 6.28. The summed E-state index contributed by atoms with van der Waals surface area (Å²) in [7, 11) is 0. The Balaban J connectivity index is 2.46. The third-order valence-corrected chi connectivity index (χ3v) is 3.75. The minimum Gasteiger partial charge on any atom is -0.299 e. The number of rotatable bonds is 3. The van der Waals surface area contributed by atoms with E-state index in [0.29, 0.717) is 12.2 Å². The minimum absolute atomic E-state index is 0.200. The SMILES string of the molecule is CC(C)(C)C(=O)CCc1ccc(Br)s1. The second-order valence-electron chi connectivity index (χ2n) is 4.38. The predicted molar refractivity (Wildman–Crippen MR) is 64.8 cm³/mol. The van der Waals surface area contributed by atoms with E-state index in [1.54, 1.807) is 11.3 Å². The zero-order chi connectivity index (χ0) is 10.8. The number of Topliss-reactive ketones (excluding diaryl/α,β-unsaturated/α-hetero) is 1. The van der Waals surface area contributed by atoms with Crippen LogP contribution in [0.2, 0.25) is 0 Å². The van der Waals surface area contributed by atoms with Crippen LogP contribution < -0.4 is 0 Å². The van der Waals surface area contributed by atoms with E-state index in [1.807, 2.05) is 26.8 Å². The molecule has 0 aromatic carbocycles. The van der Waals surface area contributed by atoms with Crippen LogP contribution in [0.15, 0.2) is 15.9 Å². The molecule has 0 radical (unpaired) electrons. The molecule has 0 aliphatic carbocycles. The summed E-state index contributed by atoms with van der Waals surface area (Å²) in [5.74, 6) is 0.335. The normalized spacial score (nSPS) is 11.7. The molecule has 14 heavy (non-hydrogen) atoms. The Morgan fingerprint density at radius 3 is 2.50 bits per heavy atom. The maximum atomic E-state index is 11.6. The van der Waals surface area contributed by atoms with Gasteiger partial charge < -0.3 is 0 Å². The van der Waals surface area contributed by atoms with Crippen molar-refractivity contribution in [3.63, 3.8) is 0 Å². The Labute approximate surface area is 97.7 Å². The number of hydrogen-bond donors (Lipinski definition) is 0. The van der Waals surface area contributed by atoms with Crippen LogP contribution in [-0.2, 0) is 11.2 Å². The van der Waals surface area contributed by atoms with Gasteiger partial charge >= 0.3 is 0 Å². The molecule has 1 aromatic rings. The molecule has 0 N–H and O–H groups in total. The second kappa shape index (κ2) is 4.58. The lowest BCUT2D eigenvalue weighted by Crippen LogP contribution is -2.20. The third kappa shape index (κ3) is 3.54. The Bertz CT molecular complexity index is 322. The van der Waals surface area contributed by atoms with Gasteiger partial charge in [0.15, 0.2) is 0 Å². The van der Waals surface area contributed by atoms with Gasteiger partial charge in [0, 0.05) is 16.7 Å². The first-order valence-electron chi connectivity index (χ1n) is 4.67. The van der Waals surface area contributed by atoms with Crippen molar-refractivity contribution in [2.24, 2.45) is 5.41 Å². The third-order valence-electron chi connectivity index (χ3n) is 2.06. The van der Waals surface area contributed by atoms with E-state index in [4.69, 9.17) is 0 Å². The lowest BCUT2D eigenvalue weighted by molar-refractivity contribution is -0.126. The Morgan fingerprint density at radius 2 is 2.07 bits per heavy atom. The molecule has 1 nitrogen and oxygen atoms in total. The van der Waals surface area contributed by atoms with Gasteiger partial charge in [-0.2, -0.15) is 0 Å². The molecule has 0 atom stereocenters. The molecule has 0 aliphatic heterocycles. The fourth-order valence-corrected chi connectivity index (χ4v) is 2.58. The highest BCUT2D eigenvalue weighted by atomic mass is 79.9. The molecule has 0 fully saturated rings. The van der Waals surface area contributed by atoms with E-state index in [1.165, 1.54) is 4.88 Å². The van der Waals surface area contributed by atoms with Crippen molar-refractivity contribution in [1.82, 2.24) is 0 Å². The molecule has 0 saturated heterocycles. The van der Waals surface area contributed by atoms with Gasteiger partial charge in [0.2, 0.25) is 0 Å². The van der Waals surface area contributed by atoms with Crippen LogP contribution in [0.3, 0.4) is 0 Å². The van der Waals surface area contributed by atoms with Crippen molar-refractivity contribution in [2.45, 2.75) is 33.6 Å². The maximum absolute atomic E-state index is 11.6. The Morgan fingerprint density at radius 1 is 1.43 bits per heavy atom. The van der Waals surface area contributed by atoms with Crippen LogP contribution in [0.5, 0.6) is 0 Å². The van der Waals surface area contributed by atoms with E-state index in [0.717, 1.165) is 10.2 Å². The van der Waals surface area contributed by atoms with Crippen LogP contribution >= 0.6 is 27.3 Å². The quantitative estimate of drug-likeness (QED) is 0.813. The largest absolute Gasteiger partial charge is 0.299 e. The number of hydrogen-bond acceptors (Lipinski definition) is 2. The van der Waals surface area contributed by atoms with Gasteiger partial charge in [-0.15, -0.1) is 11.3 Å². The summed E-state index contributed by atoms with van der Waals surface area (Å²) >= 11 is 5.12. The standard InChI is InChI=1S/C11H15BrOS/c1-11(2,3)9(13)6-4-8-5-7-10(12)14-8/h5,7H,4,6H2,1-3H3. The van der Waals surface area contributed by atoms with E-state index in [9.17, 15) is 4.79 Å². The van der Waals surface area contributed by atoms with Crippen LogP contribution in [-0.4, -0.2) is 5.78 Å². The highest BCUT2D eigenvalue weighted by Gasteiger charge is 2.20. The molecular weight excluding hydrogens is 260 g/mol. The average Bonchev–Trinajstić information content (AvgIpc) is 2.45. The van der Waals surface area contributed by atoms with Crippen molar-refractivity contribution in [1.29, 1.82) is 0 Å². The number of halogens is 1. The molecule has 1 aromatic heterocycles. The van der Waals surface area contributed by atoms with Crippen LogP contribution in [0.4, 0.5) is 0 Å². The first-order chi connectivity index (χ1) is 6.39. The highest BCUT2D eigenvalue weighted by molar-refractivity contribution is 9.11. The zero-order valence-corrected chi connectivity index (χ0v) is 11.2. The van der Waals surface area contributed by atoms with E-state index in [-0.39, 0.29) is 5.41 Å². The summed E-state index contributed by atoms with van der Waals surface area (Å²) in [6.07, 6.45) is 1.52. The van der Waals surface area contributed by atoms with Crippen LogP contribution in [0.1, 0.15) is 32.1 Å². The molecule has 0 amide bonds. The molecule has 3 heteroatoms. The summed E-state index contributed by atoms with van der Waals surface area (Å²) in [6, 6.07) is 4.10. The van der Waals surface area contributed by atoms with Gasteiger partial charge in [0.25, 0.3) is 0 Å². The van der Waals surface area contributed by atoms with Gasteiger partial charge in [-0.05, 0) is 34.5 Å². The molecule has 0 saturated carbocycles. The molecule has 0 spiro atoms. The van der Waals surface area contributed by atoms with Crippen molar-refractivity contribution in [3.05, 3.63) is 20.8 Å². The fourth-order valence-electron chi connectivity index (χ4n) is 1.10. The average molecular weight is 275 g/mol. The molecule has 78 valence electrons. The number of thiophene rings is 1. The summed E-state index contributed by atoms with van der Waals surface area (Å²) < 4.78 is 1.13. The predicted octanol–water partition coefficient (Wildman–Crippen LogP) is 4.06. The van der Waals surface area contributed by atoms with Crippen molar-refractivity contribution in [3.8, 4) is 0 Å². The molecule has 1 rings (SSSR count). The Hall–Kier alpha value is -0.150. The fraction of sp³-hybridized carbons (Fsp3) is 0.545. The number of carbonyl (C=O) groups excluding carboxylic acids is 1. The number of ketones is 1. The molecule has 0 unspecified atom stereocenters. The second-order valence-corrected chi connectivity index (χ2v) is 6.93. The lowest BCUT2D eigenvalue weighted by atomic mass is 9.88. The van der Waals surface area contributed by atoms with E-state index < -0.39 is 0 Å². The van der Waals surface area contributed by atoms with Crippen LogP contribution in [0, 0.1) is 5.41 Å². The topological polar surface area (TPSA) is 17.1 Å². The van der Waals surface area contributed by atoms with Gasteiger partial charge in [0.1, 0.15) is 5.78 Å². The van der Waals surface area contributed by atoms with Crippen molar-refractivity contribution < 1.29 is 4.79 Å².